The minimum absolute atomic E-state index is 0.161. The second kappa shape index (κ2) is 10.7. The summed E-state index contributed by atoms with van der Waals surface area (Å²) in [6.07, 6.45) is 4.20. The van der Waals surface area contributed by atoms with E-state index in [9.17, 15) is 19.2 Å². The van der Waals surface area contributed by atoms with Crippen molar-refractivity contribution in [2.24, 2.45) is 18.7 Å². The molecule has 2 amide bonds. The van der Waals surface area contributed by atoms with Gasteiger partial charge in [0.2, 0.25) is 5.91 Å². The zero-order valence-corrected chi connectivity index (χ0v) is 24.5. The second-order valence-corrected chi connectivity index (χ2v) is 11.8. The van der Waals surface area contributed by atoms with Crippen LogP contribution in [-0.2, 0) is 16.6 Å². The topological polar surface area (TPSA) is 128 Å². The molecule has 0 radical (unpaired) electrons. The minimum atomic E-state index is -0.494. The number of rotatable bonds is 5. The van der Waals surface area contributed by atoms with Crippen molar-refractivity contribution in [2.75, 3.05) is 22.9 Å². The Morgan fingerprint density at radius 3 is 2.43 bits per heavy atom. The molecule has 11 nitrogen and oxygen atoms in total. The van der Waals surface area contributed by atoms with Crippen molar-refractivity contribution < 1.29 is 9.59 Å². The van der Waals surface area contributed by atoms with Gasteiger partial charge in [-0.15, -0.1) is 0 Å². The number of carbonyl (C=O) groups is 2. The summed E-state index contributed by atoms with van der Waals surface area (Å²) in [6, 6.07) is 14.4. The Balaban J connectivity index is 1.43. The molecule has 0 bridgehead atoms. The molecule has 2 N–H and O–H groups in total. The van der Waals surface area contributed by atoms with Gasteiger partial charge in [-0.3, -0.25) is 33.2 Å². The van der Waals surface area contributed by atoms with Crippen molar-refractivity contribution in [3.63, 3.8) is 0 Å². The van der Waals surface area contributed by atoms with Crippen molar-refractivity contribution in [1.82, 2.24) is 18.7 Å². The van der Waals surface area contributed by atoms with E-state index in [1.54, 1.807) is 43.0 Å². The number of thiocarbonyl (C=S) groups is 1. The minimum Gasteiger partial charge on any atom is -0.369 e. The van der Waals surface area contributed by atoms with E-state index in [1.807, 2.05) is 35.2 Å². The van der Waals surface area contributed by atoms with Crippen molar-refractivity contribution in [1.29, 1.82) is 0 Å². The lowest BCUT2D eigenvalue weighted by atomic mass is 9.96. The third-order valence-electron chi connectivity index (χ3n) is 7.76. The summed E-state index contributed by atoms with van der Waals surface area (Å²) in [5, 5.41) is 0. The van der Waals surface area contributed by atoms with Gasteiger partial charge in [0.15, 0.2) is 4.32 Å². The third-order valence-corrected chi connectivity index (χ3v) is 9.06. The largest absolute Gasteiger partial charge is 0.369 e. The molecule has 13 heteroatoms. The lowest BCUT2D eigenvalue weighted by Crippen LogP contribution is -2.40. The molecule has 0 spiro atoms. The highest BCUT2D eigenvalue weighted by atomic mass is 32.2. The highest BCUT2D eigenvalue weighted by Gasteiger charge is 2.38. The number of pyridine rings is 1. The van der Waals surface area contributed by atoms with E-state index in [0.717, 1.165) is 11.8 Å². The van der Waals surface area contributed by atoms with Gasteiger partial charge in [-0.05, 0) is 50.1 Å². The average molecular weight is 602 g/mol. The fourth-order valence-corrected chi connectivity index (χ4v) is 6.69. The van der Waals surface area contributed by atoms with Crippen molar-refractivity contribution in [3.05, 3.63) is 91.6 Å². The number of primary amides is 1. The number of nitrogens with two attached hydrogens (primary N) is 1. The molecule has 5 heterocycles. The van der Waals surface area contributed by atoms with Crippen LogP contribution in [0.1, 0.15) is 24.1 Å². The van der Waals surface area contributed by atoms with Gasteiger partial charge >= 0.3 is 0 Å². The van der Waals surface area contributed by atoms with Gasteiger partial charge < -0.3 is 10.6 Å². The van der Waals surface area contributed by atoms with E-state index in [-0.39, 0.29) is 43.4 Å². The molecule has 0 aliphatic carbocycles. The number of amides is 2. The average Bonchev–Trinajstić information content (AvgIpc) is 3.39. The van der Waals surface area contributed by atoms with Crippen LogP contribution in [0.4, 0.5) is 11.5 Å². The molecule has 1 aromatic carbocycles. The van der Waals surface area contributed by atoms with Crippen molar-refractivity contribution >= 4 is 63.3 Å². The van der Waals surface area contributed by atoms with Crippen LogP contribution >= 0.6 is 24.0 Å². The van der Waals surface area contributed by atoms with E-state index in [2.05, 4.69) is 0 Å². The van der Waals surface area contributed by atoms with Crippen molar-refractivity contribution in [3.8, 4) is 5.69 Å². The standard InChI is InChI=1S/C29H27N7O4S2/c1-17-23(28(40)36(32(17)2)19-8-4-3-5-9-19)35-27(39)21(42-29(35)41)16-20-25(33-14-11-18(12-15-33)24(30)37)31-22-10-6-7-13-34(22)26(20)38/h3-10,13,16,18H,11-12,14-15H2,1-2H3,(H2,30,37)/b21-16+. The molecule has 42 heavy (non-hydrogen) atoms. The van der Waals surface area contributed by atoms with Gasteiger partial charge in [-0.1, -0.05) is 48.2 Å². The molecule has 0 atom stereocenters. The maximum Gasteiger partial charge on any atom is 0.296 e. The lowest BCUT2D eigenvalue weighted by Gasteiger charge is -2.32. The Labute approximate surface area is 249 Å². The summed E-state index contributed by atoms with van der Waals surface area (Å²) in [6.45, 7) is 2.71. The number of hydrogen-bond donors (Lipinski definition) is 1. The molecule has 3 aromatic heterocycles. The molecule has 0 unspecified atom stereocenters. The predicted molar refractivity (Wildman–Crippen MR) is 167 cm³/mol. The molecule has 2 aliphatic heterocycles. The van der Waals surface area contributed by atoms with Gasteiger partial charge in [-0.25, -0.2) is 9.67 Å². The Kier molecular flexibility index (Phi) is 7.07. The number of piperidine rings is 1. The number of thioether (sulfide) groups is 1. The van der Waals surface area contributed by atoms with Crippen LogP contribution in [0.3, 0.4) is 0 Å². The maximum absolute atomic E-state index is 13.9. The highest BCUT2D eigenvalue weighted by molar-refractivity contribution is 8.27. The molecular formula is C29H27N7O4S2. The monoisotopic (exact) mass is 601 g/mol. The summed E-state index contributed by atoms with van der Waals surface area (Å²) in [5.74, 6) is -0.655. The Bertz CT molecular complexity index is 1920. The van der Waals surface area contributed by atoms with Gasteiger partial charge in [0.25, 0.3) is 17.0 Å². The van der Waals surface area contributed by atoms with Gasteiger partial charge in [0.05, 0.1) is 21.8 Å². The summed E-state index contributed by atoms with van der Waals surface area (Å²) in [4.78, 5) is 61.2. The summed E-state index contributed by atoms with van der Waals surface area (Å²) >= 11 is 6.63. The first-order valence-corrected chi connectivity index (χ1v) is 14.6. The number of hydrogen-bond acceptors (Lipinski definition) is 8. The number of fused-ring (bicyclic) bond motifs is 1. The third kappa shape index (κ3) is 4.54. The molecule has 2 saturated heterocycles. The van der Waals surface area contributed by atoms with E-state index in [4.69, 9.17) is 22.9 Å². The summed E-state index contributed by atoms with van der Waals surface area (Å²) < 4.78 is 4.78. The van der Waals surface area contributed by atoms with Crippen LogP contribution in [0.15, 0.2) is 69.2 Å². The first-order valence-electron chi connectivity index (χ1n) is 13.3. The van der Waals surface area contributed by atoms with E-state index in [0.29, 0.717) is 48.8 Å². The van der Waals surface area contributed by atoms with Crippen LogP contribution < -0.4 is 26.7 Å². The lowest BCUT2D eigenvalue weighted by molar-refractivity contribution is -0.122. The van der Waals surface area contributed by atoms with Crippen LogP contribution in [-0.4, -0.2) is 48.0 Å². The van der Waals surface area contributed by atoms with Crippen LogP contribution in [0.2, 0.25) is 0 Å². The smallest absolute Gasteiger partial charge is 0.296 e. The fourth-order valence-electron chi connectivity index (χ4n) is 5.44. The quantitative estimate of drug-likeness (QED) is 0.273. The number of benzene rings is 1. The Morgan fingerprint density at radius 2 is 1.74 bits per heavy atom. The summed E-state index contributed by atoms with van der Waals surface area (Å²) in [5.41, 5.74) is 6.85. The molecule has 0 saturated carbocycles. The normalized spacial score (nSPS) is 17.1. The van der Waals surface area contributed by atoms with Gasteiger partial charge in [0, 0.05) is 32.3 Å². The second-order valence-electron chi connectivity index (χ2n) is 10.2. The van der Waals surface area contributed by atoms with Crippen molar-refractivity contribution in [2.45, 2.75) is 19.8 Å². The van der Waals surface area contributed by atoms with E-state index < -0.39 is 5.91 Å². The zero-order valence-electron chi connectivity index (χ0n) is 22.9. The first kappa shape index (κ1) is 27.7. The zero-order chi connectivity index (χ0) is 29.7. The predicted octanol–water partition coefficient (Wildman–Crippen LogP) is 2.60. The number of aromatic nitrogens is 4. The molecule has 2 fully saturated rings. The molecule has 4 aromatic rings. The number of carbonyl (C=O) groups excluding carboxylic acids is 2. The number of nitrogens with zero attached hydrogens (tertiary/aromatic N) is 6. The SMILES string of the molecule is Cc1c(N2C(=O)/C(=C\c3c(N4CCC(C(N)=O)CC4)nc4ccccn4c3=O)SC2=S)c(=O)n(-c2ccccc2)n1C. The van der Waals surface area contributed by atoms with E-state index >= 15 is 0 Å². The number of para-hydroxylation sites is 1. The Hall–Kier alpha value is -4.49. The molecule has 2 aliphatic rings. The summed E-state index contributed by atoms with van der Waals surface area (Å²) in [7, 11) is 1.75. The van der Waals surface area contributed by atoms with Gasteiger partial charge in [-0.2, -0.15) is 0 Å². The van der Waals surface area contributed by atoms with Gasteiger partial charge in [0.1, 0.15) is 17.2 Å². The highest BCUT2D eigenvalue weighted by Crippen LogP contribution is 2.37. The van der Waals surface area contributed by atoms with Crippen LogP contribution in [0, 0.1) is 12.8 Å². The first-order chi connectivity index (χ1) is 20.2. The maximum atomic E-state index is 13.9. The Morgan fingerprint density at radius 1 is 1.05 bits per heavy atom. The molecular weight excluding hydrogens is 574 g/mol. The van der Waals surface area contributed by atoms with Crippen LogP contribution in [0.25, 0.3) is 17.4 Å². The van der Waals surface area contributed by atoms with E-state index in [1.165, 1.54) is 20.1 Å². The van der Waals surface area contributed by atoms with Crippen LogP contribution in [0.5, 0.6) is 0 Å². The fraction of sp³-hybridized carbons (Fsp3) is 0.241. The number of anilines is 2. The molecule has 214 valence electrons. The molecule has 6 rings (SSSR count).